The van der Waals surface area contributed by atoms with E-state index in [2.05, 4.69) is 5.32 Å². The predicted octanol–water partition coefficient (Wildman–Crippen LogP) is 3.38. The zero-order valence-corrected chi connectivity index (χ0v) is 17.4. The summed E-state index contributed by atoms with van der Waals surface area (Å²) < 4.78 is 5.68. The van der Waals surface area contributed by atoms with Crippen molar-refractivity contribution < 1.29 is 28.8 Å². The van der Waals surface area contributed by atoms with Gasteiger partial charge in [0.05, 0.1) is 16.2 Å². The lowest BCUT2D eigenvalue weighted by molar-refractivity contribution is -0.384. The third-order valence-electron chi connectivity index (χ3n) is 4.73. The molecule has 33 heavy (non-hydrogen) atoms. The average Bonchev–Trinajstić information content (AvgIpc) is 3.25. The molecule has 4 rings (SSSR count). The summed E-state index contributed by atoms with van der Waals surface area (Å²) in [5.74, 6) is -2.10. The van der Waals surface area contributed by atoms with Crippen molar-refractivity contribution in [3.05, 3.63) is 87.7 Å². The zero-order valence-electron chi connectivity index (χ0n) is 16.6. The number of carbonyl (C=O) groups is 3. The summed E-state index contributed by atoms with van der Waals surface area (Å²) >= 11 is 5.11. The number of hydrogen-bond donors (Lipinski definition) is 2. The van der Waals surface area contributed by atoms with Crippen molar-refractivity contribution >= 4 is 52.6 Å². The molecule has 1 aliphatic heterocycles. The van der Waals surface area contributed by atoms with Crippen molar-refractivity contribution in [1.29, 1.82) is 0 Å². The molecule has 1 aliphatic rings. The Balaban J connectivity index is 1.65. The summed E-state index contributed by atoms with van der Waals surface area (Å²) in [5.41, 5.74) is 0.359. The molecular weight excluding hydrogens is 450 g/mol. The topological polar surface area (TPSA) is 143 Å². The molecule has 0 saturated carbocycles. The summed E-state index contributed by atoms with van der Waals surface area (Å²) in [4.78, 5) is 48.1. The number of non-ortho nitro benzene ring substituents is 1. The second-order valence-corrected chi connectivity index (χ2v) is 7.21. The van der Waals surface area contributed by atoms with Crippen LogP contribution in [0.5, 0.6) is 0 Å². The highest BCUT2D eigenvalue weighted by Gasteiger charge is 2.35. The Bertz CT molecular complexity index is 1360. The largest absolute Gasteiger partial charge is 0.478 e. The molecule has 3 aromatic rings. The zero-order chi connectivity index (χ0) is 23.7. The Morgan fingerprint density at radius 3 is 2.52 bits per heavy atom. The Morgan fingerprint density at radius 1 is 1.12 bits per heavy atom. The van der Waals surface area contributed by atoms with E-state index in [1.807, 2.05) is 0 Å². The molecule has 0 spiro atoms. The molecule has 11 heteroatoms. The molecule has 2 heterocycles. The average molecular weight is 463 g/mol. The summed E-state index contributed by atoms with van der Waals surface area (Å²) in [5, 5.41) is 22.2. The quantitative estimate of drug-likeness (QED) is 0.193. The summed E-state index contributed by atoms with van der Waals surface area (Å²) in [6.45, 7) is 0. The molecule has 0 unspecified atom stereocenters. The number of furan rings is 1. The number of rotatable bonds is 5. The number of amides is 2. The van der Waals surface area contributed by atoms with Crippen molar-refractivity contribution in [3.63, 3.8) is 0 Å². The second-order valence-electron chi connectivity index (χ2n) is 6.82. The Hall–Kier alpha value is -4.64. The second kappa shape index (κ2) is 8.48. The molecule has 10 nitrogen and oxygen atoms in total. The fourth-order valence-corrected chi connectivity index (χ4v) is 3.43. The molecule has 0 radical (unpaired) electrons. The van der Waals surface area contributed by atoms with E-state index in [0.717, 1.165) is 4.90 Å². The molecule has 2 N–H and O–H groups in total. The smallest absolute Gasteiger partial charge is 0.335 e. The van der Waals surface area contributed by atoms with Crippen LogP contribution in [0.4, 0.5) is 11.4 Å². The number of anilines is 1. The third-order valence-corrected chi connectivity index (χ3v) is 5.01. The lowest BCUT2D eigenvalue weighted by Gasteiger charge is -2.28. The number of carbonyl (C=O) groups excluding carboxylic acids is 2. The Kier molecular flexibility index (Phi) is 5.54. The number of benzene rings is 2. The van der Waals surface area contributed by atoms with E-state index in [9.17, 15) is 29.6 Å². The van der Waals surface area contributed by atoms with Crippen LogP contribution in [-0.2, 0) is 9.59 Å². The first-order valence-electron chi connectivity index (χ1n) is 9.34. The van der Waals surface area contributed by atoms with Crippen molar-refractivity contribution in [2.45, 2.75) is 0 Å². The SMILES string of the molecule is O=C1NC(=S)N(c2cccc(C(=O)O)c2)C(=O)C1=Cc1ccc(-c2ccc([N+](=O)[O-])cc2)o1. The van der Waals surface area contributed by atoms with Crippen LogP contribution in [0.25, 0.3) is 17.4 Å². The van der Waals surface area contributed by atoms with Gasteiger partial charge in [0.2, 0.25) is 0 Å². The lowest BCUT2D eigenvalue weighted by Crippen LogP contribution is -2.54. The van der Waals surface area contributed by atoms with E-state index < -0.39 is 22.7 Å². The molecule has 0 aliphatic carbocycles. The van der Waals surface area contributed by atoms with Crippen molar-refractivity contribution in [3.8, 4) is 11.3 Å². The molecule has 0 bridgehead atoms. The van der Waals surface area contributed by atoms with Gasteiger partial charge in [0.1, 0.15) is 17.1 Å². The van der Waals surface area contributed by atoms with Crippen LogP contribution < -0.4 is 10.2 Å². The highest BCUT2D eigenvalue weighted by Crippen LogP contribution is 2.27. The highest BCUT2D eigenvalue weighted by molar-refractivity contribution is 7.80. The van der Waals surface area contributed by atoms with Crippen LogP contribution in [0.2, 0.25) is 0 Å². The van der Waals surface area contributed by atoms with Gasteiger partial charge < -0.3 is 9.52 Å². The third kappa shape index (κ3) is 4.25. The van der Waals surface area contributed by atoms with E-state index in [-0.39, 0.29) is 33.4 Å². The molecule has 164 valence electrons. The molecule has 1 aromatic heterocycles. The van der Waals surface area contributed by atoms with E-state index in [4.69, 9.17) is 16.6 Å². The van der Waals surface area contributed by atoms with E-state index >= 15 is 0 Å². The maximum Gasteiger partial charge on any atom is 0.335 e. The first-order valence-corrected chi connectivity index (χ1v) is 9.75. The standard InChI is InChI=1S/C22H13N3O7S/c26-19-17(11-16-8-9-18(32-16)12-4-6-14(7-5-12)25(30)31)20(27)24(22(33)23-19)15-3-1-2-13(10-15)21(28)29/h1-11H,(H,28,29)(H,23,26,33). The van der Waals surface area contributed by atoms with Crippen LogP contribution in [-0.4, -0.2) is 32.9 Å². The maximum atomic E-state index is 13.1. The predicted molar refractivity (Wildman–Crippen MR) is 120 cm³/mol. The number of carboxylic acids is 1. The van der Waals surface area contributed by atoms with Gasteiger partial charge in [-0.15, -0.1) is 0 Å². The van der Waals surface area contributed by atoms with Gasteiger partial charge in [-0.05, 0) is 60.8 Å². The van der Waals surface area contributed by atoms with Gasteiger partial charge in [0.15, 0.2) is 5.11 Å². The minimum atomic E-state index is -1.18. The van der Waals surface area contributed by atoms with E-state index in [0.29, 0.717) is 11.3 Å². The number of aromatic carboxylic acids is 1. The normalized spacial score (nSPS) is 15.0. The van der Waals surface area contributed by atoms with Gasteiger partial charge in [0.25, 0.3) is 17.5 Å². The van der Waals surface area contributed by atoms with Crippen LogP contribution in [0.15, 0.2) is 70.7 Å². The van der Waals surface area contributed by atoms with Gasteiger partial charge in [-0.1, -0.05) is 6.07 Å². The monoisotopic (exact) mass is 463 g/mol. The summed E-state index contributed by atoms with van der Waals surface area (Å²) in [6, 6.07) is 14.4. The van der Waals surface area contributed by atoms with Gasteiger partial charge in [-0.2, -0.15) is 0 Å². The van der Waals surface area contributed by atoms with Gasteiger partial charge in [0, 0.05) is 17.7 Å². The minimum Gasteiger partial charge on any atom is -0.478 e. The molecule has 1 fully saturated rings. The van der Waals surface area contributed by atoms with E-state index in [1.165, 1.54) is 60.7 Å². The number of nitro groups is 1. The first kappa shape index (κ1) is 21.6. The molecule has 2 amide bonds. The van der Waals surface area contributed by atoms with Gasteiger partial charge >= 0.3 is 5.97 Å². The van der Waals surface area contributed by atoms with Gasteiger partial charge in [-0.3, -0.25) is 29.9 Å². The van der Waals surface area contributed by atoms with Crippen molar-refractivity contribution in [2.24, 2.45) is 0 Å². The number of nitrogens with one attached hydrogen (secondary N) is 1. The Labute approximate surface area is 190 Å². The van der Waals surface area contributed by atoms with E-state index in [1.54, 1.807) is 6.07 Å². The van der Waals surface area contributed by atoms with Gasteiger partial charge in [-0.25, -0.2) is 4.79 Å². The lowest BCUT2D eigenvalue weighted by atomic mass is 10.1. The number of hydrogen-bond acceptors (Lipinski definition) is 7. The minimum absolute atomic E-state index is 0.0516. The van der Waals surface area contributed by atoms with Crippen LogP contribution in [0, 0.1) is 10.1 Å². The molecule has 2 aromatic carbocycles. The van der Waals surface area contributed by atoms with Crippen LogP contribution >= 0.6 is 12.2 Å². The Morgan fingerprint density at radius 2 is 1.85 bits per heavy atom. The number of nitro benzene ring substituents is 1. The number of thiocarbonyl (C=S) groups is 1. The highest BCUT2D eigenvalue weighted by atomic mass is 32.1. The van der Waals surface area contributed by atoms with Crippen molar-refractivity contribution in [2.75, 3.05) is 4.90 Å². The summed E-state index contributed by atoms with van der Waals surface area (Å²) in [7, 11) is 0. The number of carboxylic acid groups (broad SMARTS) is 1. The van der Waals surface area contributed by atoms with Crippen LogP contribution in [0.3, 0.4) is 0 Å². The maximum absolute atomic E-state index is 13.1. The molecule has 1 saturated heterocycles. The fourth-order valence-electron chi connectivity index (χ4n) is 3.15. The summed E-state index contributed by atoms with van der Waals surface area (Å²) in [6.07, 6.45) is 1.24. The van der Waals surface area contributed by atoms with Crippen molar-refractivity contribution in [1.82, 2.24) is 5.32 Å². The fraction of sp³-hybridized carbons (Fsp3) is 0. The molecular formula is C22H13N3O7S. The first-order chi connectivity index (χ1) is 15.7. The number of nitrogens with zero attached hydrogens (tertiary/aromatic N) is 2. The molecule has 0 atom stereocenters. The van der Waals surface area contributed by atoms with Crippen LogP contribution in [0.1, 0.15) is 16.1 Å².